The Morgan fingerprint density at radius 1 is 0.774 bits per heavy atom. The van der Waals surface area contributed by atoms with Crippen LogP contribution in [0, 0.1) is 0 Å². The molecule has 7 nitrogen and oxygen atoms in total. The van der Waals surface area contributed by atoms with Gasteiger partial charge in [-0.1, -0.05) is 22.3 Å². The minimum atomic E-state index is -0.612. The number of hydrogen-bond donors (Lipinski definition) is 0. The Labute approximate surface area is 183 Å². The minimum Gasteiger partial charge on any atom is -0.371 e. The van der Waals surface area contributed by atoms with Crippen molar-refractivity contribution in [3.8, 4) is 0 Å². The molecule has 170 valence electrons. The van der Waals surface area contributed by atoms with E-state index in [1.54, 1.807) is 0 Å². The first kappa shape index (κ1) is 24.6. The van der Waals surface area contributed by atoms with Crippen LogP contribution in [-0.4, -0.2) is 26.4 Å². The normalized spacial score (nSPS) is 15.4. The second kappa shape index (κ2) is 10.1. The molecular formula is C24H35N3O4. The second-order valence-electron chi connectivity index (χ2n) is 9.11. The molecule has 0 N–H and O–H groups in total. The highest BCUT2D eigenvalue weighted by molar-refractivity contribution is 5.03. The molecule has 1 aromatic rings. The zero-order chi connectivity index (χ0) is 23.5. The van der Waals surface area contributed by atoms with Gasteiger partial charge in [0.1, 0.15) is 0 Å². The van der Waals surface area contributed by atoms with Gasteiger partial charge in [0.15, 0.2) is 0 Å². The molecule has 0 bridgehead atoms. The Hall–Kier alpha value is -2.67. The van der Waals surface area contributed by atoms with Crippen LogP contribution in [0.2, 0.25) is 0 Å². The van der Waals surface area contributed by atoms with Crippen molar-refractivity contribution in [2.45, 2.75) is 78.1 Å². The van der Waals surface area contributed by atoms with E-state index in [1.807, 2.05) is 27.7 Å². The van der Waals surface area contributed by atoms with Gasteiger partial charge in [-0.3, -0.25) is 0 Å². The van der Waals surface area contributed by atoms with E-state index in [0.717, 1.165) is 26.9 Å². The summed E-state index contributed by atoms with van der Waals surface area (Å²) in [6.45, 7) is 23.9. The van der Waals surface area contributed by atoms with Crippen LogP contribution in [0.15, 0.2) is 63.0 Å². The topological polar surface area (TPSA) is 78.5 Å². The third-order valence-corrected chi connectivity index (χ3v) is 5.14. The molecule has 0 radical (unpaired) electrons. The first-order valence-electron chi connectivity index (χ1n) is 10.6. The molecule has 0 aromatic carbocycles. The minimum absolute atomic E-state index is 0.123. The lowest BCUT2D eigenvalue weighted by atomic mass is 10.0. The summed E-state index contributed by atoms with van der Waals surface area (Å²) in [5.74, 6) is 0. The molecule has 1 saturated heterocycles. The number of nitrogens with zero attached hydrogens (tertiary/aromatic N) is 3. The average molecular weight is 430 g/mol. The molecule has 2 heterocycles. The number of hydrogen-bond acceptors (Lipinski definition) is 4. The summed E-state index contributed by atoms with van der Waals surface area (Å²) in [4.78, 5) is 40.4. The lowest BCUT2D eigenvalue weighted by molar-refractivity contribution is 0.324. The van der Waals surface area contributed by atoms with E-state index in [2.05, 4.69) is 26.3 Å². The average Bonchev–Trinajstić information content (AvgIpc) is 3.40. The van der Waals surface area contributed by atoms with Gasteiger partial charge in [-0.25, -0.2) is 28.1 Å². The summed E-state index contributed by atoms with van der Waals surface area (Å²) in [6.07, 6.45) is 1.56. The van der Waals surface area contributed by atoms with Crippen LogP contribution in [0.25, 0.3) is 0 Å². The molecule has 2 rings (SSSR count). The van der Waals surface area contributed by atoms with Gasteiger partial charge in [0.05, 0.1) is 31.3 Å². The third-order valence-electron chi connectivity index (χ3n) is 5.14. The summed E-state index contributed by atoms with van der Waals surface area (Å²) < 4.78 is 8.80. The zero-order valence-corrected chi connectivity index (χ0v) is 19.3. The van der Waals surface area contributed by atoms with Crippen LogP contribution in [0.4, 0.5) is 0 Å². The SMILES string of the molecule is C=C(C)CC(CC(=C)C)n1c(=O)n(CC2CO2)c(=O)n(C(CC(=C)C)CC(=C)C)c1=O. The van der Waals surface area contributed by atoms with Crippen LogP contribution in [0.1, 0.15) is 65.5 Å². The number of allylic oxidation sites excluding steroid dienone is 4. The number of rotatable bonds is 12. The molecule has 7 heteroatoms. The molecule has 1 fully saturated rings. The number of epoxide rings is 1. The van der Waals surface area contributed by atoms with E-state index >= 15 is 0 Å². The molecule has 0 saturated carbocycles. The lowest BCUT2D eigenvalue weighted by Gasteiger charge is -2.25. The maximum absolute atomic E-state index is 13.6. The summed E-state index contributed by atoms with van der Waals surface area (Å²) in [7, 11) is 0. The van der Waals surface area contributed by atoms with Gasteiger partial charge in [-0.05, 0) is 53.4 Å². The van der Waals surface area contributed by atoms with Gasteiger partial charge in [0.2, 0.25) is 0 Å². The predicted octanol–water partition coefficient (Wildman–Crippen LogP) is 3.52. The Morgan fingerprint density at radius 2 is 1.10 bits per heavy atom. The first-order valence-corrected chi connectivity index (χ1v) is 10.6. The van der Waals surface area contributed by atoms with E-state index in [0.29, 0.717) is 32.3 Å². The van der Waals surface area contributed by atoms with Crippen molar-refractivity contribution < 1.29 is 4.74 Å². The molecular weight excluding hydrogens is 394 g/mol. The van der Waals surface area contributed by atoms with Gasteiger partial charge in [0.25, 0.3) is 0 Å². The Kier molecular flexibility index (Phi) is 8.01. The number of aromatic nitrogens is 3. The van der Waals surface area contributed by atoms with Crippen molar-refractivity contribution in [3.05, 3.63) is 80.1 Å². The Morgan fingerprint density at radius 3 is 1.35 bits per heavy atom. The van der Waals surface area contributed by atoms with Gasteiger partial charge in [0, 0.05) is 0 Å². The quantitative estimate of drug-likeness (QED) is 0.376. The second-order valence-corrected chi connectivity index (χ2v) is 9.11. The summed E-state index contributed by atoms with van der Waals surface area (Å²) >= 11 is 0. The highest BCUT2D eigenvalue weighted by Gasteiger charge is 2.30. The molecule has 0 spiro atoms. The van der Waals surface area contributed by atoms with Gasteiger partial charge in [-0.2, -0.15) is 0 Å². The fraction of sp³-hybridized carbons (Fsp3) is 0.542. The molecule has 1 unspecified atom stereocenters. The van der Waals surface area contributed by atoms with Crippen molar-refractivity contribution in [2.75, 3.05) is 6.61 Å². The smallest absolute Gasteiger partial charge is 0.336 e. The standard InChI is InChI=1S/C24H35N3O4/c1-15(2)9-19(10-16(3)4)26-22(28)25(13-21-14-31-21)23(29)27(24(26)30)20(11-17(5)6)12-18(7)8/h19-21H,1,3,5,7,9-14H2,2,4,6,8H3. The Bertz CT molecular complexity index is 960. The molecule has 1 aromatic heterocycles. The maximum atomic E-state index is 13.6. The molecule has 1 aliphatic heterocycles. The predicted molar refractivity (Wildman–Crippen MR) is 125 cm³/mol. The van der Waals surface area contributed by atoms with Crippen LogP contribution >= 0.6 is 0 Å². The highest BCUT2D eigenvalue weighted by atomic mass is 16.6. The fourth-order valence-electron chi connectivity index (χ4n) is 3.90. The van der Waals surface area contributed by atoms with E-state index in [4.69, 9.17) is 4.74 Å². The third kappa shape index (κ3) is 6.40. The molecule has 0 aliphatic carbocycles. The molecule has 1 atom stereocenters. The van der Waals surface area contributed by atoms with Crippen LogP contribution in [0.3, 0.4) is 0 Å². The molecule has 31 heavy (non-hydrogen) atoms. The van der Waals surface area contributed by atoms with Gasteiger partial charge < -0.3 is 4.74 Å². The largest absolute Gasteiger partial charge is 0.371 e. The highest BCUT2D eigenvalue weighted by Crippen LogP contribution is 2.23. The van der Waals surface area contributed by atoms with Gasteiger partial charge >= 0.3 is 17.1 Å². The summed E-state index contributed by atoms with van der Waals surface area (Å²) in [5, 5.41) is 0. The van der Waals surface area contributed by atoms with Crippen molar-refractivity contribution in [1.29, 1.82) is 0 Å². The van der Waals surface area contributed by atoms with Crippen LogP contribution in [-0.2, 0) is 11.3 Å². The Balaban J connectivity index is 2.82. The van der Waals surface area contributed by atoms with Crippen LogP contribution < -0.4 is 17.1 Å². The van der Waals surface area contributed by atoms with E-state index in [1.165, 1.54) is 9.13 Å². The van der Waals surface area contributed by atoms with Crippen molar-refractivity contribution >= 4 is 0 Å². The number of ether oxygens (including phenoxy) is 1. The van der Waals surface area contributed by atoms with Gasteiger partial charge in [-0.15, -0.1) is 26.3 Å². The molecule has 0 amide bonds. The summed E-state index contributed by atoms with van der Waals surface area (Å²) in [5.41, 5.74) is 1.53. The van der Waals surface area contributed by atoms with Crippen molar-refractivity contribution in [3.63, 3.8) is 0 Å². The van der Waals surface area contributed by atoms with E-state index in [9.17, 15) is 14.4 Å². The van der Waals surface area contributed by atoms with E-state index < -0.39 is 29.2 Å². The molecule has 1 aliphatic rings. The monoisotopic (exact) mass is 429 g/mol. The summed E-state index contributed by atoms with van der Waals surface area (Å²) in [6, 6.07) is -0.938. The fourth-order valence-corrected chi connectivity index (χ4v) is 3.90. The maximum Gasteiger partial charge on any atom is 0.336 e. The first-order chi connectivity index (χ1) is 14.4. The lowest BCUT2D eigenvalue weighted by Crippen LogP contribution is -2.57. The van der Waals surface area contributed by atoms with Crippen molar-refractivity contribution in [2.24, 2.45) is 0 Å². The van der Waals surface area contributed by atoms with Crippen LogP contribution in [0.5, 0.6) is 0 Å². The van der Waals surface area contributed by atoms with Crippen molar-refractivity contribution in [1.82, 2.24) is 13.7 Å². The van der Waals surface area contributed by atoms with E-state index in [-0.39, 0.29) is 12.6 Å². The zero-order valence-electron chi connectivity index (χ0n) is 19.3.